The average Bonchev–Trinajstić information content (AvgIpc) is 2.15. The second kappa shape index (κ2) is 4.39. The van der Waals surface area contributed by atoms with Gasteiger partial charge in [-0.3, -0.25) is 4.79 Å². The van der Waals surface area contributed by atoms with Crippen molar-refractivity contribution < 1.29 is 15.0 Å². The number of hydrogen-bond donors (Lipinski definition) is 2. The van der Waals surface area contributed by atoms with Crippen LogP contribution in [0.2, 0.25) is 0 Å². The van der Waals surface area contributed by atoms with Gasteiger partial charge in [0.15, 0.2) is 0 Å². The number of carbonyl (C=O) groups is 1. The van der Waals surface area contributed by atoms with Gasteiger partial charge in [-0.1, -0.05) is 6.58 Å². The topological polar surface area (TPSA) is 60.8 Å². The Hall–Kier alpha value is -0.870. The van der Waals surface area contributed by atoms with Crippen LogP contribution in [0, 0.1) is 0 Å². The van der Waals surface area contributed by atoms with Gasteiger partial charge in [-0.25, -0.2) is 0 Å². The molecule has 0 bridgehead atoms. The van der Waals surface area contributed by atoms with Gasteiger partial charge in [0, 0.05) is 18.7 Å². The highest BCUT2D eigenvalue weighted by atomic mass is 16.3. The largest absolute Gasteiger partial charge is 0.391 e. The first-order chi connectivity index (χ1) is 6.15. The number of piperidine rings is 1. The molecule has 2 N–H and O–H groups in total. The molecule has 1 aliphatic heterocycles. The normalized spacial score (nSPS) is 22.9. The highest BCUT2D eigenvalue weighted by Gasteiger charge is 2.22. The highest BCUT2D eigenvalue weighted by Crippen LogP contribution is 2.11. The maximum Gasteiger partial charge on any atom is 0.251 e. The standard InChI is InChI=1S/C9H15NO3/c1-7(6-11)9(13)10-4-2-3-8(12)5-10/h8,11-12H,1-6H2. The van der Waals surface area contributed by atoms with E-state index in [0.717, 1.165) is 12.8 Å². The zero-order chi connectivity index (χ0) is 9.84. The summed E-state index contributed by atoms with van der Waals surface area (Å²) in [6.07, 6.45) is 1.13. The Kier molecular flexibility index (Phi) is 3.45. The highest BCUT2D eigenvalue weighted by molar-refractivity contribution is 5.93. The number of rotatable bonds is 2. The van der Waals surface area contributed by atoms with Crippen molar-refractivity contribution in [2.45, 2.75) is 18.9 Å². The van der Waals surface area contributed by atoms with Crippen LogP contribution in [0.3, 0.4) is 0 Å². The van der Waals surface area contributed by atoms with Crippen LogP contribution in [-0.4, -0.2) is 46.8 Å². The summed E-state index contributed by atoms with van der Waals surface area (Å²) < 4.78 is 0. The van der Waals surface area contributed by atoms with E-state index in [1.54, 1.807) is 0 Å². The molecule has 1 amide bonds. The smallest absolute Gasteiger partial charge is 0.251 e. The summed E-state index contributed by atoms with van der Waals surface area (Å²) in [5.41, 5.74) is 0.189. The van der Waals surface area contributed by atoms with Gasteiger partial charge in [-0.05, 0) is 12.8 Å². The Morgan fingerprint density at radius 3 is 2.85 bits per heavy atom. The van der Waals surface area contributed by atoms with Crippen LogP contribution in [0.25, 0.3) is 0 Å². The maximum absolute atomic E-state index is 11.4. The molecule has 0 aromatic rings. The van der Waals surface area contributed by atoms with E-state index in [1.807, 2.05) is 0 Å². The van der Waals surface area contributed by atoms with E-state index in [0.29, 0.717) is 13.1 Å². The van der Waals surface area contributed by atoms with Gasteiger partial charge in [-0.15, -0.1) is 0 Å². The second-order valence-corrected chi connectivity index (χ2v) is 3.31. The summed E-state index contributed by atoms with van der Waals surface area (Å²) in [5.74, 6) is -0.249. The lowest BCUT2D eigenvalue weighted by atomic mass is 10.1. The average molecular weight is 185 g/mol. The lowest BCUT2D eigenvalue weighted by Crippen LogP contribution is -2.43. The van der Waals surface area contributed by atoms with Crippen molar-refractivity contribution in [1.82, 2.24) is 4.90 Å². The third kappa shape index (κ3) is 2.54. The fourth-order valence-corrected chi connectivity index (χ4v) is 1.43. The summed E-state index contributed by atoms with van der Waals surface area (Å²) in [7, 11) is 0. The first-order valence-corrected chi connectivity index (χ1v) is 4.41. The molecule has 1 aliphatic rings. The van der Waals surface area contributed by atoms with Crippen LogP contribution < -0.4 is 0 Å². The van der Waals surface area contributed by atoms with Crippen molar-refractivity contribution in [3.8, 4) is 0 Å². The number of carbonyl (C=O) groups excluding carboxylic acids is 1. The maximum atomic E-state index is 11.4. The molecule has 74 valence electrons. The number of likely N-dealkylation sites (tertiary alicyclic amines) is 1. The van der Waals surface area contributed by atoms with E-state index < -0.39 is 6.10 Å². The van der Waals surface area contributed by atoms with E-state index in [4.69, 9.17) is 5.11 Å². The van der Waals surface area contributed by atoms with Crippen molar-refractivity contribution in [1.29, 1.82) is 0 Å². The molecule has 0 spiro atoms. The number of amides is 1. The number of aliphatic hydroxyl groups is 2. The molecule has 1 saturated heterocycles. The minimum absolute atomic E-state index is 0.189. The van der Waals surface area contributed by atoms with Crippen LogP contribution in [0.5, 0.6) is 0 Å². The molecule has 0 aromatic carbocycles. The zero-order valence-corrected chi connectivity index (χ0v) is 7.57. The Balaban J connectivity index is 2.51. The molecule has 4 nitrogen and oxygen atoms in total. The van der Waals surface area contributed by atoms with Crippen LogP contribution in [-0.2, 0) is 4.79 Å². The van der Waals surface area contributed by atoms with Gasteiger partial charge < -0.3 is 15.1 Å². The van der Waals surface area contributed by atoms with E-state index in [2.05, 4.69) is 6.58 Å². The molecule has 0 aliphatic carbocycles. The molecule has 0 aromatic heterocycles. The van der Waals surface area contributed by atoms with Crippen LogP contribution in [0.15, 0.2) is 12.2 Å². The molecule has 0 saturated carbocycles. The molecule has 1 unspecified atom stereocenters. The molecule has 1 heterocycles. The first-order valence-electron chi connectivity index (χ1n) is 4.41. The molecule has 1 fully saturated rings. The minimum Gasteiger partial charge on any atom is -0.391 e. The zero-order valence-electron chi connectivity index (χ0n) is 7.57. The quantitative estimate of drug-likeness (QED) is 0.571. The van der Waals surface area contributed by atoms with Crippen molar-refractivity contribution in [2.75, 3.05) is 19.7 Å². The molecule has 1 rings (SSSR count). The molecular formula is C9H15NO3. The predicted octanol–water partition coefficient (Wildman–Crippen LogP) is -0.482. The predicted molar refractivity (Wildman–Crippen MR) is 48.0 cm³/mol. The van der Waals surface area contributed by atoms with Crippen LogP contribution in [0.4, 0.5) is 0 Å². The number of β-amino-alcohol motifs (C(OH)–C–C–N with tert-alkyl or cyclic N) is 1. The molecule has 4 heteroatoms. The Morgan fingerprint density at radius 1 is 1.62 bits per heavy atom. The van der Waals surface area contributed by atoms with Crippen LogP contribution >= 0.6 is 0 Å². The molecule has 1 atom stereocenters. The third-order valence-electron chi connectivity index (χ3n) is 2.18. The monoisotopic (exact) mass is 185 g/mol. The summed E-state index contributed by atoms with van der Waals surface area (Å²) in [6, 6.07) is 0. The van der Waals surface area contributed by atoms with Crippen molar-refractivity contribution in [3.63, 3.8) is 0 Å². The van der Waals surface area contributed by atoms with Gasteiger partial charge in [0.05, 0.1) is 12.7 Å². The number of aliphatic hydroxyl groups excluding tert-OH is 2. The summed E-state index contributed by atoms with van der Waals surface area (Å²) in [6.45, 7) is 4.14. The van der Waals surface area contributed by atoms with Gasteiger partial charge in [0.25, 0.3) is 5.91 Å². The van der Waals surface area contributed by atoms with Gasteiger partial charge in [-0.2, -0.15) is 0 Å². The molecule has 0 radical (unpaired) electrons. The van der Waals surface area contributed by atoms with E-state index >= 15 is 0 Å². The number of hydrogen-bond acceptors (Lipinski definition) is 3. The Bertz CT molecular complexity index is 215. The van der Waals surface area contributed by atoms with Gasteiger partial charge in [0.1, 0.15) is 0 Å². The summed E-state index contributed by atoms with van der Waals surface area (Å²) in [5, 5.41) is 18.0. The van der Waals surface area contributed by atoms with Crippen molar-refractivity contribution >= 4 is 5.91 Å². The Labute approximate surface area is 77.5 Å². The number of nitrogens with zero attached hydrogens (tertiary/aromatic N) is 1. The SMILES string of the molecule is C=C(CO)C(=O)N1CCCC(O)C1. The van der Waals surface area contributed by atoms with E-state index in [-0.39, 0.29) is 18.1 Å². The van der Waals surface area contributed by atoms with E-state index in [9.17, 15) is 9.90 Å². The van der Waals surface area contributed by atoms with Crippen molar-refractivity contribution in [2.24, 2.45) is 0 Å². The lowest BCUT2D eigenvalue weighted by molar-refractivity contribution is -0.130. The Morgan fingerprint density at radius 2 is 2.31 bits per heavy atom. The first kappa shape index (κ1) is 10.2. The molecular weight excluding hydrogens is 170 g/mol. The fraction of sp³-hybridized carbons (Fsp3) is 0.667. The van der Waals surface area contributed by atoms with Gasteiger partial charge >= 0.3 is 0 Å². The second-order valence-electron chi connectivity index (χ2n) is 3.31. The van der Waals surface area contributed by atoms with Gasteiger partial charge in [0.2, 0.25) is 0 Å². The fourth-order valence-electron chi connectivity index (χ4n) is 1.43. The minimum atomic E-state index is -0.427. The lowest BCUT2D eigenvalue weighted by Gasteiger charge is -2.30. The van der Waals surface area contributed by atoms with E-state index in [1.165, 1.54) is 4.90 Å². The third-order valence-corrected chi connectivity index (χ3v) is 2.18. The summed E-state index contributed by atoms with van der Waals surface area (Å²) >= 11 is 0. The summed E-state index contributed by atoms with van der Waals surface area (Å²) in [4.78, 5) is 13.0. The van der Waals surface area contributed by atoms with Crippen LogP contribution in [0.1, 0.15) is 12.8 Å². The van der Waals surface area contributed by atoms with Crippen molar-refractivity contribution in [3.05, 3.63) is 12.2 Å². The molecule has 13 heavy (non-hydrogen) atoms.